The van der Waals surface area contributed by atoms with Gasteiger partial charge in [-0.15, -0.1) is 0 Å². The smallest absolute Gasteiger partial charge is 0.147 e. The van der Waals surface area contributed by atoms with Gasteiger partial charge in [-0.1, -0.05) is 26.0 Å². The highest BCUT2D eigenvalue weighted by molar-refractivity contribution is 5.85. The molecule has 0 amide bonds. The molecule has 1 unspecified atom stereocenters. The average Bonchev–Trinajstić information content (AvgIpc) is 2.55. The van der Waals surface area contributed by atoms with Gasteiger partial charge in [0.25, 0.3) is 0 Å². The largest absolute Gasteiger partial charge is 0.388 e. The fourth-order valence-electron chi connectivity index (χ4n) is 2.95. The third-order valence-electron chi connectivity index (χ3n) is 3.64. The van der Waals surface area contributed by atoms with E-state index in [2.05, 4.69) is 18.8 Å². The minimum Gasteiger partial charge on any atom is -0.388 e. The summed E-state index contributed by atoms with van der Waals surface area (Å²) in [4.78, 5) is 3.14. The first-order chi connectivity index (χ1) is 7.98. The molecule has 17 heavy (non-hydrogen) atoms. The van der Waals surface area contributed by atoms with E-state index in [0.29, 0.717) is 5.52 Å². The fraction of sp³-hybridized carbons (Fsp3) is 0.429. The molecule has 90 valence electrons. The number of para-hydroxylation sites is 1. The lowest BCUT2D eigenvalue weighted by atomic mass is 9.75. The van der Waals surface area contributed by atoms with Crippen LogP contribution >= 0.6 is 0 Å². The molecule has 1 heterocycles. The van der Waals surface area contributed by atoms with Gasteiger partial charge in [0.05, 0.1) is 11.6 Å². The van der Waals surface area contributed by atoms with E-state index in [1.54, 1.807) is 6.07 Å². The molecule has 1 aromatic carbocycles. The first-order valence-electron chi connectivity index (χ1n) is 5.95. The summed E-state index contributed by atoms with van der Waals surface area (Å²) in [6.45, 7) is 4.25. The van der Waals surface area contributed by atoms with E-state index in [1.165, 1.54) is 6.07 Å². The molecule has 0 bridgehead atoms. The van der Waals surface area contributed by atoms with Gasteiger partial charge < -0.3 is 10.1 Å². The van der Waals surface area contributed by atoms with Crippen LogP contribution in [0.2, 0.25) is 0 Å². The maximum absolute atomic E-state index is 13.7. The van der Waals surface area contributed by atoms with E-state index in [1.807, 2.05) is 6.07 Å². The molecule has 3 heteroatoms. The molecular weight excluding hydrogens is 217 g/mol. The summed E-state index contributed by atoms with van der Waals surface area (Å²) >= 11 is 0. The Bertz CT molecular complexity index is 585. The Morgan fingerprint density at radius 3 is 2.94 bits per heavy atom. The molecule has 3 rings (SSSR count). The van der Waals surface area contributed by atoms with Gasteiger partial charge in [-0.3, -0.25) is 0 Å². The lowest BCUT2D eigenvalue weighted by Crippen LogP contribution is -2.25. The van der Waals surface area contributed by atoms with E-state index in [9.17, 15) is 9.50 Å². The van der Waals surface area contributed by atoms with Gasteiger partial charge in [0.1, 0.15) is 5.82 Å². The molecule has 0 saturated heterocycles. The SMILES string of the molecule is CC1(C)Cc2[nH]c3c(F)cccc3c2C(O)C1. The third-order valence-corrected chi connectivity index (χ3v) is 3.64. The number of hydrogen-bond donors (Lipinski definition) is 2. The minimum atomic E-state index is -0.496. The lowest BCUT2D eigenvalue weighted by Gasteiger charge is -2.32. The van der Waals surface area contributed by atoms with Gasteiger partial charge in [-0.25, -0.2) is 4.39 Å². The highest BCUT2D eigenvalue weighted by Gasteiger charge is 2.34. The summed E-state index contributed by atoms with van der Waals surface area (Å²) in [6.07, 6.45) is 1.08. The molecule has 1 aliphatic carbocycles. The number of aromatic nitrogens is 1. The van der Waals surface area contributed by atoms with Crippen molar-refractivity contribution in [3.05, 3.63) is 35.3 Å². The molecule has 0 aliphatic heterocycles. The third kappa shape index (κ3) is 1.57. The molecule has 2 aromatic rings. The van der Waals surface area contributed by atoms with Crippen molar-refractivity contribution in [3.63, 3.8) is 0 Å². The van der Waals surface area contributed by atoms with Crippen LogP contribution in [-0.4, -0.2) is 10.1 Å². The van der Waals surface area contributed by atoms with Crippen molar-refractivity contribution >= 4 is 10.9 Å². The number of halogens is 1. The predicted molar refractivity (Wildman–Crippen MR) is 65.3 cm³/mol. The predicted octanol–water partition coefficient (Wildman–Crippen LogP) is 3.31. The van der Waals surface area contributed by atoms with Crippen LogP contribution in [0.5, 0.6) is 0 Å². The zero-order chi connectivity index (χ0) is 12.2. The monoisotopic (exact) mass is 233 g/mol. The number of H-pyrrole nitrogens is 1. The van der Waals surface area contributed by atoms with Gasteiger partial charge in [-0.2, -0.15) is 0 Å². The van der Waals surface area contributed by atoms with Gasteiger partial charge in [0.2, 0.25) is 0 Å². The van der Waals surface area contributed by atoms with Crippen molar-refractivity contribution in [2.75, 3.05) is 0 Å². The topological polar surface area (TPSA) is 36.0 Å². The van der Waals surface area contributed by atoms with Gasteiger partial charge in [0.15, 0.2) is 0 Å². The van der Waals surface area contributed by atoms with Crippen LogP contribution in [0.25, 0.3) is 10.9 Å². The zero-order valence-corrected chi connectivity index (χ0v) is 10.0. The van der Waals surface area contributed by atoms with E-state index in [0.717, 1.165) is 29.5 Å². The summed E-state index contributed by atoms with van der Waals surface area (Å²) in [5.74, 6) is -0.248. The van der Waals surface area contributed by atoms with Gasteiger partial charge >= 0.3 is 0 Å². The summed E-state index contributed by atoms with van der Waals surface area (Å²) in [5, 5.41) is 11.1. The number of hydrogen-bond acceptors (Lipinski definition) is 1. The molecule has 0 fully saturated rings. The first kappa shape index (κ1) is 10.8. The van der Waals surface area contributed by atoms with E-state index in [4.69, 9.17) is 0 Å². The fourth-order valence-corrected chi connectivity index (χ4v) is 2.95. The summed E-state index contributed by atoms with van der Waals surface area (Å²) in [6, 6.07) is 5.01. The maximum atomic E-state index is 13.7. The molecule has 0 saturated carbocycles. The number of benzene rings is 1. The average molecular weight is 233 g/mol. The molecule has 0 radical (unpaired) electrons. The summed E-state index contributed by atoms with van der Waals surface area (Å²) in [5.41, 5.74) is 2.45. The standard InChI is InChI=1S/C14H16FNO/c1-14(2)6-10-12(11(17)7-14)8-4-3-5-9(15)13(8)16-10/h3-5,11,16-17H,6-7H2,1-2H3. The minimum absolute atomic E-state index is 0.0593. The first-order valence-corrected chi connectivity index (χ1v) is 5.95. The number of aliphatic hydroxyl groups is 1. The van der Waals surface area contributed by atoms with Crippen molar-refractivity contribution in [2.45, 2.75) is 32.8 Å². The second kappa shape index (κ2) is 3.33. The normalized spacial score (nSPS) is 22.7. The Hall–Kier alpha value is -1.35. The van der Waals surface area contributed by atoms with Crippen LogP contribution in [0.1, 0.15) is 37.6 Å². The Morgan fingerprint density at radius 1 is 1.41 bits per heavy atom. The second-order valence-corrected chi connectivity index (χ2v) is 5.74. The van der Waals surface area contributed by atoms with Crippen LogP contribution in [0, 0.1) is 11.2 Å². The molecule has 1 atom stereocenters. The molecule has 0 spiro atoms. The van der Waals surface area contributed by atoms with Gasteiger partial charge in [0, 0.05) is 16.6 Å². The second-order valence-electron chi connectivity index (χ2n) is 5.74. The summed E-state index contributed by atoms with van der Waals surface area (Å²) in [7, 11) is 0. The Kier molecular flexibility index (Phi) is 2.11. The van der Waals surface area contributed by atoms with Crippen molar-refractivity contribution < 1.29 is 9.50 Å². The van der Waals surface area contributed by atoms with E-state index in [-0.39, 0.29) is 11.2 Å². The number of aromatic amines is 1. The van der Waals surface area contributed by atoms with Crippen molar-refractivity contribution in [1.82, 2.24) is 4.98 Å². The molecule has 1 aromatic heterocycles. The quantitative estimate of drug-likeness (QED) is 0.719. The Balaban J connectivity index is 2.28. The highest BCUT2D eigenvalue weighted by Crippen LogP contribution is 2.43. The van der Waals surface area contributed by atoms with Crippen LogP contribution in [0.3, 0.4) is 0 Å². The lowest BCUT2D eigenvalue weighted by molar-refractivity contribution is 0.100. The molecule has 2 N–H and O–H groups in total. The number of nitrogens with one attached hydrogen (secondary N) is 1. The van der Waals surface area contributed by atoms with Gasteiger partial charge in [-0.05, 0) is 24.3 Å². The van der Waals surface area contributed by atoms with Crippen molar-refractivity contribution in [1.29, 1.82) is 0 Å². The van der Waals surface area contributed by atoms with E-state index >= 15 is 0 Å². The van der Waals surface area contributed by atoms with E-state index < -0.39 is 6.10 Å². The zero-order valence-electron chi connectivity index (χ0n) is 10.0. The molecule has 1 aliphatic rings. The highest BCUT2D eigenvalue weighted by atomic mass is 19.1. The number of aliphatic hydroxyl groups excluding tert-OH is 1. The summed E-state index contributed by atoms with van der Waals surface area (Å²) < 4.78 is 13.7. The van der Waals surface area contributed by atoms with Crippen LogP contribution < -0.4 is 0 Å². The maximum Gasteiger partial charge on any atom is 0.147 e. The number of fused-ring (bicyclic) bond motifs is 3. The Labute approximate surface area is 99.5 Å². The Morgan fingerprint density at radius 2 is 2.18 bits per heavy atom. The molecular formula is C14H16FNO. The van der Waals surface area contributed by atoms with Crippen molar-refractivity contribution in [2.24, 2.45) is 5.41 Å². The van der Waals surface area contributed by atoms with Crippen molar-refractivity contribution in [3.8, 4) is 0 Å². The number of rotatable bonds is 0. The van der Waals surface area contributed by atoms with Crippen LogP contribution in [0.15, 0.2) is 18.2 Å². The van der Waals surface area contributed by atoms with Crippen LogP contribution in [-0.2, 0) is 6.42 Å². The van der Waals surface area contributed by atoms with Crippen LogP contribution in [0.4, 0.5) is 4.39 Å². The molecule has 2 nitrogen and oxygen atoms in total.